The van der Waals surface area contributed by atoms with Gasteiger partial charge in [-0.2, -0.15) is 4.72 Å². The molecule has 0 aromatic heterocycles. The molecule has 7 nitrogen and oxygen atoms in total. The van der Waals surface area contributed by atoms with Gasteiger partial charge in [0.15, 0.2) is 11.5 Å². The molecule has 1 N–H and O–H groups in total. The van der Waals surface area contributed by atoms with Crippen LogP contribution in [0.5, 0.6) is 11.5 Å². The van der Waals surface area contributed by atoms with Crippen molar-refractivity contribution in [3.05, 3.63) is 54.1 Å². The van der Waals surface area contributed by atoms with E-state index in [4.69, 9.17) is 9.47 Å². The average molecular weight is 459 g/mol. The highest BCUT2D eigenvalue weighted by molar-refractivity contribution is 7.89. The van der Waals surface area contributed by atoms with Gasteiger partial charge in [0.2, 0.25) is 15.9 Å². The number of nitrogens with one attached hydrogen (secondary N) is 1. The van der Waals surface area contributed by atoms with Crippen LogP contribution in [-0.4, -0.2) is 51.6 Å². The molecule has 1 atom stereocenters. The molecule has 0 bridgehead atoms. The maximum absolute atomic E-state index is 12.9. The zero-order valence-electron chi connectivity index (χ0n) is 18.3. The fourth-order valence-corrected chi connectivity index (χ4v) is 5.45. The van der Waals surface area contributed by atoms with Crippen LogP contribution in [0.3, 0.4) is 0 Å². The molecule has 1 unspecified atom stereocenters. The van der Waals surface area contributed by atoms with E-state index >= 15 is 0 Å². The first kappa shape index (κ1) is 22.6. The van der Waals surface area contributed by atoms with Gasteiger partial charge in [-0.15, -0.1) is 0 Å². The highest BCUT2D eigenvalue weighted by atomic mass is 32.2. The van der Waals surface area contributed by atoms with Gasteiger partial charge in [0, 0.05) is 25.6 Å². The number of hydrogen-bond acceptors (Lipinski definition) is 5. The largest absolute Gasteiger partial charge is 0.490 e. The van der Waals surface area contributed by atoms with Crippen LogP contribution in [0.15, 0.2) is 53.4 Å². The van der Waals surface area contributed by atoms with Gasteiger partial charge in [-0.3, -0.25) is 4.79 Å². The van der Waals surface area contributed by atoms with Crippen LogP contribution < -0.4 is 14.2 Å². The number of ether oxygens (including phenoxy) is 2. The van der Waals surface area contributed by atoms with E-state index in [1.807, 2.05) is 18.2 Å². The number of nitrogens with zero attached hydrogens (tertiary/aromatic N) is 1. The summed E-state index contributed by atoms with van der Waals surface area (Å²) in [5, 5.41) is 0. The Morgan fingerprint density at radius 1 is 1.06 bits per heavy atom. The lowest BCUT2D eigenvalue weighted by Crippen LogP contribution is -2.49. The third-order valence-electron chi connectivity index (χ3n) is 6.03. The number of hydrogen-bond donors (Lipinski definition) is 1. The topological polar surface area (TPSA) is 84.9 Å². The molecule has 1 amide bonds. The van der Waals surface area contributed by atoms with Crippen LogP contribution in [0.4, 0.5) is 0 Å². The first-order chi connectivity index (χ1) is 15.4. The predicted octanol–water partition coefficient (Wildman–Crippen LogP) is 3.00. The number of rotatable bonds is 6. The van der Waals surface area contributed by atoms with Crippen LogP contribution in [0.25, 0.3) is 0 Å². The van der Waals surface area contributed by atoms with Crippen LogP contribution >= 0.6 is 0 Å². The van der Waals surface area contributed by atoms with Crippen molar-refractivity contribution in [1.29, 1.82) is 0 Å². The molecule has 0 aliphatic carbocycles. The van der Waals surface area contributed by atoms with E-state index in [1.54, 1.807) is 17.9 Å². The van der Waals surface area contributed by atoms with Crippen LogP contribution in [-0.2, 0) is 21.2 Å². The first-order valence-corrected chi connectivity index (χ1v) is 12.7. The Morgan fingerprint density at radius 2 is 1.75 bits per heavy atom. The molecular formula is C24H30N2O5S. The SMILES string of the molecule is CC(NS(=O)(=O)c1ccc2c(c1)OCCCO2)C(=O)N1CCC(Cc2ccccc2)CC1. The quantitative estimate of drug-likeness (QED) is 0.719. The number of amides is 1. The predicted molar refractivity (Wildman–Crippen MR) is 121 cm³/mol. The summed E-state index contributed by atoms with van der Waals surface area (Å²) in [6.45, 7) is 3.89. The third kappa shape index (κ3) is 5.42. The maximum Gasteiger partial charge on any atom is 0.241 e. The second-order valence-corrected chi connectivity index (χ2v) is 10.2. The van der Waals surface area contributed by atoms with Crippen molar-refractivity contribution in [3.8, 4) is 11.5 Å². The minimum Gasteiger partial charge on any atom is -0.490 e. The monoisotopic (exact) mass is 458 g/mol. The normalized spacial score (nSPS) is 18.1. The first-order valence-electron chi connectivity index (χ1n) is 11.2. The molecular weight excluding hydrogens is 428 g/mol. The highest BCUT2D eigenvalue weighted by Crippen LogP contribution is 2.32. The lowest BCUT2D eigenvalue weighted by molar-refractivity contribution is -0.133. The van der Waals surface area contributed by atoms with Crippen LogP contribution in [0.1, 0.15) is 31.7 Å². The molecule has 32 heavy (non-hydrogen) atoms. The molecule has 8 heteroatoms. The van der Waals surface area contributed by atoms with Crippen molar-refractivity contribution in [2.75, 3.05) is 26.3 Å². The number of piperidine rings is 1. The van der Waals surface area contributed by atoms with E-state index in [0.717, 1.165) is 25.7 Å². The number of carbonyl (C=O) groups is 1. The second-order valence-electron chi connectivity index (χ2n) is 8.46. The summed E-state index contributed by atoms with van der Waals surface area (Å²) < 4.78 is 39.4. The number of benzene rings is 2. The maximum atomic E-state index is 12.9. The zero-order valence-corrected chi connectivity index (χ0v) is 19.1. The molecule has 1 saturated heterocycles. The summed E-state index contributed by atoms with van der Waals surface area (Å²) in [4.78, 5) is 14.7. The molecule has 2 heterocycles. The summed E-state index contributed by atoms with van der Waals surface area (Å²) in [6.07, 6.45) is 3.59. The lowest BCUT2D eigenvalue weighted by Gasteiger charge is -2.33. The minimum atomic E-state index is -3.87. The molecule has 0 spiro atoms. The lowest BCUT2D eigenvalue weighted by atomic mass is 9.90. The number of carbonyl (C=O) groups excluding carboxylic acids is 1. The van der Waals surface area contributed by atoms with Gasteiger partial charge in [0.05, 0.1) is 24.2 Å². The summed E-state index contributed by atoms with van der Waals surface area (Å²) in [5.41, 5.74) is 1.31. The molecule has 2 aliphatic rings. The van der Waals surface area contributed by atoms with Crippen LogP contribution in [0, 0.1) is 5.92 Å². The Balaban J connectivity index is 1.34. The molecule has 2 aliphatic heterocycles. The fourth-order valence-electron chi connectivity index (χ4n) is 4.24. The van der Waals surface area contributed by atoms with E-state index < -0.39 is 16.1 Å². The standard InChI is InChI=1S/C24H30N2O5S/c1-18(24(27)26-12-10-20(11-13-26)16-19-6-3-2-4-7-19)25-32(28,29)21-8-9-22-23(17-21)31-15-5-14-30-22/h2-4,6-9,17-18,20,25H,5,10-16H2,1H3. The summed E-state index contributed by atoms with van der Waals surface area (Å²) >= 11 is 0. The highest BCUT2D eigenvalue weighted by Gasteiger charge is 2.29. The van der Waals surface area contributed by atoms with Gasteiger partial charge in [-0.25, -0.2) is 8.42 Å². The smallest absolute Gasteiger partial charge is 0.241 e. The second kappa shape index (κ2) is 9.92. The van der Waals surface area contributed by atoms with E-state index in [1.165, 1.54) is 17.7 Å². The molecule has 0 radical (unpaired) electrons. The van der Waals surface area contributed by atoms with Gasteiger partial charge in [0.1, 0.15) is 0 Å². The van der Waals surface area contributed by atoms with Crippen molar-refractivity contribution in [2.24, 2.45) is 5.92 Å². The van der Waals surface area contributed by atoms with Gasteiger partial charge < -0.3 is 14.4 Å². The van der Waals surface area contributed by atoms with Gasteiger partial charge in [0.25, 0.3) is 0 Å². The summed E-state index contributed by atoms with van der Waals surface area (Å²) in [5.74, 6) is 1.28. The Bertz CT molecular complexity index is 1030. The van der Waals surface area contributed by atoms with Crippen molar-refractivity contribution < 1.29 is 22.7 Å². The Labute approximate surface area is 189 Å². The van der Waals surface area contributed by atoms with Gasteiger partial charge in [-0.05, 0) is 49.8 Å². The minimum absolute atomic E-state index is 0.0583. The number of sulfonamides is 1. The van der Waals surface area contributed by atoms with E-state index in [-0.39, 0.29) is 10.8 Å². The number of likely N-dealkylation sites (tertiary alicyclic amines) is 1. The van der Waals surface area contributed by atoms with E-state index in [0.29, 0.717) is 43.7 Å². The third-order valence-corrected chi connectivity index (χ3v) is 7.56. The Morgan fingerprint density at radius 3 is 2.47 bits per heavy atom. The van der Waals surface area contributed by atoms with Crippen molar-refractivity contribution >= 4 is 15.9 Å². The van der Waals surface area contributed by atoms with E-state index in [9.17, 15) is 13.2 Å². The van der Waals surface area contributed by atoms with Crippen molar-refractivity contribution in [1.82, 2.24) is 9.62 Å². The van der Waals surface area contributed by atoms with Crippen molar-refractivity contribution in [2.45, 2.75) is 43.5 Å². The average Bonchev–Trinajstić information content (AvgIpc) is 3.04. The molecule has 1 fully saturated rings. The summed E-state index contributed by atoms with van der Waals surface area (Å²) in [7, 11) is -3.87. The van der Waals surface area contributed by atoms with Crippen LogP contribution in [0.2, 0.25) is 0 Å². The molecule has 0 saturated carbocycles. The zero-order chi connectivity index (χ0) is 22.6. The molecule has 2 aromatic rings. The Hall–Kier alpha value is -2.58. The van der Waals surface area contributed by atoms with Crippen molar-refractivity contribution in [3.63, 3.8) is 0 Å². The van der Waals surface area contributed by atoms with Gasteiger partial charge >= 0.3 is 0 Å². The van der Waals surface area contributed by atoms with E-state index in [2.05, 4.69) is 16.9 Å². The number of fused-ring (bicyclic) bond motifs is 1. The fraction of sp³-hybridized carbons (Fsp3) is 0.458. The molecule has 172 valence electrons. The summed E-state index contributed by atoms with van der Waals surface area (Å²) in [6, 6.07) is 14.1. The Kier molecular flexibility index (Phi) is 7.01. The molecule has 4 rings (SSSR count). The van der Waals surface area contributed by atoms with Gasteiger partial charge in [-0.1, -0.05) is 30.3 Å². The molecule has 2 aromatic carbocycles.